The zero-order chi connectivity index (χ0) is 16.8. The van der Waals surface area contributed by atoms with E-state index < -0.39 is 0 Å². The molecular weight excluding hydrogens is 294 g/mol. The van der Waals surface area contributed by atoms with Gasteiger partial charge in [0.2, 0.25) is 5.91 Å². The fraction of sp³-hybridized carbons (Fsp3) is 0.136. The van der Waals surface area contributed by atoms with Crippen LogP contribution in [0, 0.1) is 0 Å². The maximum atomic E-state index is 13.0. The highest BCUT2D eigenvalue weighted by Gasteiger charge is 2.23. The molecule has 0 saturated carbocycles. The Morgan fingerprint density at radius 3 is 1.46 bits per heavy atom. The second-order valence-corrected chi connectivity index (χ2v) is 5.90. The molecule has 1 N–H and O–H groups in total. The van der Waals surface area contributed by atoms with Crippen LogP contribution >= 0.6 is 0 Å². The van der Waals surface area contributed by atoms with Crippen molar-refractivity contribution in [2.45, 2.75) is 18.9 Å². The summed E-state index contributed by atoms with van der Waals surface area (Å²) < 4.78 is 0. The minimum Gasteiger partial charge on any atom is -0.349 e. The number of hydrogen-bond acceptors (Lipinski definition) is 1. The zero-order valence-corrected chi connectivity index (χ0v) is 13.7. The molecule has 2 heteroatoms. The minimum atomic E-state index is -0.307. The van der Waals surface area contributed by atoms with Crippen LogP contribution in [0.15, 0.2) is 91.0 Å². The van der Waals surface area contributed by atoms with E-state index in [0.717, 1.165) is 16.7 Å². The van der Waals surface area contributed by atoms with Crippen LogP contribution in [0.25, 0.3) is 0 Å². The molecule has 0 unspecified atom stereocenters. The average molecular weight is 315 g/mol. The van der Waals surface area contributed by atoms with Crippen LogP contribution in [-0.4, -0.2) is 5.91 Å². The van der Waals surface area contributed by atoms with Crippen LogP contribution in [0.4, 0.5) is 0 Å². The van der Waals surface area contributed by atoms with Gasteiger partial charge >= 0.3 is 0 Å². The van der Waals surface area contributed by atoms with Crippen molar-refractivity contribution < 1.29 is 4.79 Å². The summed E-state index contributed by atoms with van der Waals surface area (Å²) in [5.74, 6) is -0.290. The lowest BCUT2D eigenvalue weighted by Crippen LogP contribution is -2.32. The Morgan fingerprint density at radius 1 is 0.667 bits per heavy atom. The van der Waals surface area contributed by atoms with Gasteiger partial charge in [-0.15, -0.1) is 0 Å². The zero-order valence-electron chi connectivity index (χ0n) is 13.7. The van der Waals surface area contributed by atoms with Crippen molar-refractivity contribution in [2.24, 2.45) is 0 Å². The lowest BCUT2D eigenvalue weighted by molar-refractivity contribution is -0.122. The fourth-order valence-electron chi connectivity index (χ4n) is 2.91. The van der Waals surface area contributed by atoms with E-state index in [9.17, 15) is 4.79 Å². The van der Waals surface area contributed by atoms with Crippen LogP contribution in [0.3, 0.4) is 0 Å². The Balaban J connectivity index is 1.87. The molecule has 0 aliphatic heterocycles. The molecule has 0 fully saturated rings. The van der Waals surface area contributed by atoms with Gasteiger partial charge in [-0.1, -0.05) is 91.0 Å². The van der Waals surface area contributed by atoms with E-state index >= 15 is 0 Å². The lowest BCUT2D eigenvalue weighted by atomic mass is 9.90. The van der Waals surface area contributed by atoms with Crippen molar-refractivity contribution in [2.75, 3.05) is 0 Å². The Morgan fingerprint density at radius 2 is 1.04 bits per heavy atom. The molecule has 0 saturated heterocycles. The highest BCUT2D eigenvalue weighted by Crippen LogP contribution is 2.26. The van der Waals surface area contributed by atoms with Crippen molar-refractivity contribution >= 4 is 5.91 Å². The van der Waals surface area contributed by atoms with Crippen molar-refractivity contribution in [1.29, 1.82) is 0 Å². The number of amides is 1. The molecule has 0 aromatic heterocycles. The number of carbonyl (C=O) groups excluding carboxylic acids is 1. The molecule has 1 amide bonds. The number of rotatable bonds is 5. The molecule has 3 rings (SSSR count). The summed E-state index contributed by atoms with van der Waals surface area (Å²) in [6, 6.07) is 29.8. The second-order valence-electron chi connectivity index (χ2n) is 5.90. The van der Waals surface area contributed by atoms with E-state index in [1.54, 1.807) is 0 Å². The fourth-order valence-corrected chi connectivity index (χ4v) is 2.91. The summed E-state index contributed by atoms with van der Waals surface area (Å²) in [7, 11) is 0. The van der Waals surface area contributed by atoms with Gasteiger partial charge in [0.1, 0.15) is 0 Å². The summed E-state index contributed by atoms with van der Waals surface area (Å²) >= 11 is 0. The molecule has 0 heterocycles. The van der Waals surface area contributed by atoms with Gasteiger partial charge in [-0.05, 0) is 23.6 Å². The molecule has 0 aliphatic carbocycles. The number of carbonyl (C=O) groups is 1. The highest BCUT2D eigenvalue weighted by molar-refractivity contribution is 5.87. The third-order valence-electron chi connectivity index (χ3n) is 4.19. The average Bonchev–Trinajstić information content (AvgIpc) is 2.64. The first-order chi connectivity index (χ1) is 11.8. The third kappa shape index (κ3) is 3.72. The van der Waals surface area contributed by atoms with Gasteiger partial charge in [0.05, 0.1) is 12.0 Å². The minimum absolute atomic E-state index is 0.0174. The molecular formula is C22H21NO. The van der Waals surface area contributed by atoms with Gasteiger partial charge in [-0.2, -0.15) is 0 Å². The van der Waals surface area contributed by atoms with E-state index in [1.165, 1.54) is 0 Å². The quantitative estimate of drug-likeness (QED) is 0.727. The SMILES string of the molecule is C[C@H](NC(=O)C(c1ccccc1)c1ccccc1)c1ccccc1. The number of benzene rings is 3. The molecule has 0 radical (unpaired) electrons. The van der Waals surface area contributed by atoms with Crippen molar-refractivity contribution in [1.82, 2.24) is 5.32 Å². The Labute approximate surface area is 143 Å². The second kappa shape index (κ2) is 7.60. The number of nitrogens with one attached hydrogen (secondary N) is 1. The maximum Gasteiger partial charge on any atom is 0.232 e. The predicted molar refractivity (Wildman–Crippen MR) is 97.7 cm³/mol. The summed E-state index contributed by atoms with van der Waals surface area (Å²) in [4.78, 5) is 13.0. The first-order valence-corrected chi connectivity index (χ1v) is 8.21. The molecule has 120 valence electrons. The third-order valence-corrected chi connectivity index (χ3v) is 4.19. The van der Waals surface area contributed by atoms with Crippen molar-refractivity contribution in [3.8, 4) is 0 Å². The van der Waals surface area contributed by atoms with Crippen LogP contribution < -0.4 is 5.32 Å². The van der Waals surface area contributed by atoms with Crippen molar-refractivity contribution in [3.05, 3.63) is 108 Å². The molecule has 3 aromatic rings. The highest BCUT2D eigenvalue weighted by atomic mass is 16.1. The van der Waals surface area contributed by atoms with Gasteiger partial charge in [0, 0.05) is 0 Å². The van der Waals surface area contributed by atoms with Crippen molar-refractivity contribution in [3.63, 3.8) is 0 Å². The summed E-state index contributed by atoms with van der Waals surface area (Å²) in [6.07, 6.45) is 0. The first-order valence-electron chi connectivity index (χ1n) is 8.21. The van der Waals surface area contributed by atoms with Crippen LogP contribution in [0.2, 0.25) is 0 Å². The van der Waals surface area contributed by atoms with E-state index in [-0.39, 0.29) is 17.9 Å². The predicted octanol–water partition coefficient (Wildman–Crippen LogP) is 4.70. The van der Waals surface area contributed by atoms with Crippen LogP contribution in [0.1, 0.15) is 35.6 Å². The molecule has 0 spiro atoms. The van der Waals surface area contributed by atoms with Crippen LogP contribution in [0.5, 0.6) is 0 Å². The van der Waals surface area contributed by atoms with Gasteiger partial charge in [-0.25, -0.2) is 0 Å². The van der Waals surface area contributed by atoms with Gasteiger partial charge in [-0.3, -0.25) is 4.79 Å². The first kappa shape index (κ1) is 16.0. The summed E-state index contributed by atoms with van der Waals surface area (Å²) in [5.41, 5.74) is 3.11. The smallest absolute Gasteiger partial charge is 0.232 e. The van der Waals surface area contributed by atoms with E-state index in [2.05, 4.69) is 5.32 Å². The van der Waals surface area contributed by atoms with E-state index in [1.807, 2.05) is 97.9 Å². The van der Waals surface area contributed by atoms with Gasteiger partial charge < -0.3 is 5.32 Å². The molecule has 1 atom stereocenters. The molecule has 24 heavy (non-hydrogen) atoms. The Kier molecular flexibility index (Phi) is 5.07. The van der Waals surface area contributed by atoms with Crippen LogP contribution in [-0.2, 0) is 4.79 Å². The normalized spacial score (nSPS) is 11.9. The molecule has 0 bridgehead atoms. The Hall–Kier alpha value is -2.87. The standard InChI is InChI=1S/C22H21NO/c1-17(18-11-5-2-6-12-18)23-22(24)21(19-13-7-3-8-14-19)20-15-9-4-10-16-20/h2-17,21H,1H3,(H,23,24)/t17-/m0/s1. The van der Waals surface area contributed by atoms with Gasteiger partial charge in [0.15, 0.2) is 0 Å². The topological polar surface area (TPSA) is 29.1 Å². The summed E-state index contributed by atoms with van der Waals surface area (Å²) in [5, 5.41) is 3.15. The maximum absolute atomic E-state index is 13.0. The molecule has 3 aromatic carbocycles. The molecule has 2 nitrogen and oxygen atoms in total. The summed E-state index contributed by atoms with van der Waals surface area (Å²) in [6.45, 7) is 2.01. The monoisotopic (exact) mass is 315 g/mol. The van der Waals surface area contributed by atoms with E-state index in [0.29, 0.717) is 0 Å². The van der Waals surface area contributed by atoms with E-state index in [4.69, 9.17) is 0 Å². The lowest BCUT2D eigenvalue weighted by Gasteiger charge is -2.21. The number of hydrogen-bond donors (Lipinski definition) is 1. The van der Waals surface area contributed by atoms with Gasteiger partial charge in [0.25, 0.3) is 0 Å². The largest absolute Gasteiger partial charge is 0.349 e. The Bertz CT molecular complexity index is 729. The molecule has 0 aliphatic rings.